The standard InChI is InChI=1S/C23H25NO3/c1-3-21(22(25)15-12-13-15)24(2)23(26)27-14-20-18-10-6-4-8-16(18)17-9-5-7-11-19(17)20/h4-11,20-21,25H,3,12-14H2,1-2H3. The zero-order valence-electron chi connectivity index (χ0n) is 15.8. The molecule has 1 N–H and O–H groups in total. The van der Waals surface area contributed by atoms with Gasteiger partial charge >= 0.3 is 6.09 Å². The molecule has 0 heterocycles. The molecular formula is C23H25NO3. The number of hydrogen-bond acceptors (Lipinski definition) is 3. The summed E-state index contributed by atoms with van der Waals surface area (Å²) in [5, 5.41) is 10.3. The zero-order chi connectivity index (χ0) is 19.0. The van der Waals surface area contributed by atoms with Crippen LogP contribution in [0, 0.1) is 0 Å². The summed E-state index contributed by atoms with van der Waals surface area (Å²) in [6.45, 7) is 2.27. The molecule has 0 saturated heterocycles. The number of aliphatic hydroxyl groups is 1. The molecule has 0 radical (unpaired) electrons. The third-order valence-electron chi connectivity index (χ3n) is 5.66. The molecule has 0 spiro atoms. The van der Waals surface area contributed by atoms with E-state index in [4.69, 9.17) is 4.74 Å². The van der Waals surface area contributed by atoms with Gasteiger partial charge in [-0.2, -0.15) is 0 Å². The van der Waals surface area contributed by atoms with E-state index in [0.29, 0.717) is 18.8 Å². The van der Waals surface area contributed by atoms with Gasteiger partial charge in [-0.15, -0.1) is 0 Å². The number of amides is 1. The number of aliphatic hydroxyl groups excluding tert-OH is 1. The van der Waals surface area contributed by atoms with Crippen molar-refractivity contribution in [2.75, 3.05) is 13.7 Å². The van der Waals surface area contributed by atoms with Crippen molar-refractivity contribution < 1.29 is 14.6 Å². The third kappa shape index (κ3) is 3.20. The largest absolute Gasteiger partial charge is 0.510 e. The Hall–Kier alpha value is -2.75. The van der Waals surface area contributed by atoms with E-state index in [1.165, 1.54) is 27.2 Å². The summed E-state index contributed by atoms with van der Waals surface area (Å²) in [6.07, 6.45) is 2.13. The molecule has 1 fully saturated rings. The van der Waals surface area contributed by atoms with E-state index in [2.05, 4.69) is 24.3 Å². The molecule has 4 nitrogen and oxygen atoms in total. The fourth-order valence-corrected chi connectivity index (χ4v) is 4.03. The third-order valence-corrected chi connectivity index (χ3v) is 5.66. The minimum absolute atomic E-state index is 0.0465. The van der Waals surface area contributed by atoms with Crippen LogP contribution in [0.5, 0.6) is 0 Å². The highest BCUT2D eigenvalue weighted by molar-refractivity contribution is 5.79. The van der Waals surface area contributed by atoms with Crippen LogP contribution >= 0.6 is 0 Å². The Kier molecular flexibility index (Phi) is 4.65. The minimum atomic E-state index is -0.392. The van der Waals surface area contributed by atoms with Gasteiger partial charge in [0.2, 0.25) is 0 Å². The van der Waals surface area contributed by atoms with Crippen molar-refractivity contribution in [2.24, 2.45) is 0 Å². The predicted molar refractivity (Wildman–Crippen MR) is 106 cm³/mol. The fourth-order valence-electron chi connectivity index (χ4n) is 4.03. The van der Waals surface area contributed by atoms with Gasteiger partial charge in [0.25, 0.3) is 0 Å². The van der Waals surface area contributed by atoms with Crippen LogP contribution in [0.4, 0.5) is 4.79 Å². The molecule has 0 aliphatic heterocycles. The van der Waals surface area contributed by atoms with E-state index in [-0.39, 0.29) is 12.0 Å². The van der Waals surface area contributed by atoms with Crippen molar-refractivity contribution in [3.05, 3.63) is 71.0 Å². The second-order valence-corrected chi connectivity index (χ2v) is 7.33. The summed E-state index contributed by atoms with van der Waals surface area (Å²) < 4.78 is 5.69. The Labute approximate surface area is 160 Å². The van der Waals surface area contributed by atoms with Gasteiger partial charge in [-0.05, 0) is 47.1 Å². The second-order valence-electron chi connectivity index (χ2n) is 7.33. The van der Waals surface area contributed by atoms with Crippen LogP contribution in [0.15, 0.2) is 59.9 Å². The number of hydrogen-bond donors (Lipinski definition) is 1. The molecule has 1 amide bonds. The molecule has 1 saturated carbocycles. The number of benzene rings is 2. The summed E-state index contributed by atoms with van der Waals surface area (Å²) in [5.74, 6) is 0.388. The van der Waals surface area contributed by atoms with E-state index in [9.17, 15) is 9.90 Å². The summed E-state index contributed by atoms with van der Waals surface area (Å²) in [4.78, 5) is 14.2. The first-order chi connectivity index (χ1) is 13.1. The average molecular weight is 363 g/mol. The lowest BCUT2D eigenvalue weighted by Gasteiger charge is -2.27. The molecule has 27 heavy (non-hydrogen) atoms. The first-order valence-corrected chi connectivity index (χ1v) is 9.60. The number of ether oxygens (including phenoxy) is 1. The highest BCUT2D eigenvalue weighted by Crippen LogP contribution is 2.44. The fraction of sp³-hybridized carbons (Fsp3) is 0.348. The Morgan fingerprint density at radius 1 is 1.11 bits per heavy atom. The molecule has 0 aromatic heterocycles. The number of allylic oxidation sites excluding steroid dienone is 1. The van der Waals surface area contributed by atoms with Crippen LogP contribution in [0.25, 0.3) is 11.1 Å². The second kappa shape index (κ2) is 7.10. The molecule has 2 aliphatic rings. The molecule has 1 unspecified atom stereocenters. The predicted octanol–water partition coefficient (Wildman–Crippen LogP) is 5.25. The number of fused-ring (bicyclic) bond motifs is 3. The van der Waals surface area contributed by atoms with Crippen molar-refractivity contribution in [1.82, 2.24) is 4.90 Å². The summed E-state index contributed by atoms with van der Waals surface area (Å²) in [6, 6.07) is 16.3. The van der Waals surface area contributed by atoms with E-state index >= 15 is 0 Å². The van der Waals surface area contributed by atoms with Gasteiger partial charge in [0, 0.05) is 13.0 Å². The Bertz CT molecular complexity index is 851. The molecule has 140 valence electrons. The van der Waals surface area contributed by atoms with Gasteiger partial charge in [-0.3, -0.25) is 0 Å². The summed E-state index contributed by atoms with van der Waals surface area (Å²) in [5.41, 5.74) is 5.88. The van der Waals surface area contributed by atoms with Gasteiger partial charge in [0.1, 0.15) is 12.4 Å². The number of carbonyl (C=O) groups is 1. The van der Waals surface area contributed by atoms with Crippen molar-refractivity contribution in [3.8, 4) is 11.1 Å². The molecule has 2 aromatic carbocycles. The lowest BCUT2D eigenvalue weighted by Crippen LogP contribution is -2.39. The first kappa shape index (κ1) is 17.7. The van der Waals surface area contributed by atoms with Crippen LogP contribution in [0.1, 0.15) is 43.2 Å². The first-order valence-electron chi connectivity index (χ1n) is 9.60. The smallest absolute Gasteiger partial charge is 0.410 e. The highest BCUT2D eigenvalue weighted by Gasteiger charge is 2.32. The molecule has 2 aromatic rings. The maximum atomic E-state index is 12.6. The van der Waals surface area contributed by atoms with E-state index in [1.807, 2.05) is 31.2 Å². The maximum absolute atomic E-state index is 12.6. The molecule has 4 rings (SSSR count). The van der Waals surface area contributed by atoms with Crippen LogP contribution < -0.4 is 0 Å². The molecule has 2 aliphatic carbocycles. The number of carbonyl (C=O) groups excluding carboxylic acids is 1. The lowest BCUT2D eigenvalue weighted by atomic mass is 9.98. The number of rotatable bonds is 5. The van der Waals surface area contributed by atoms with Crippen molar-refractivity contribution in [2.45, 2.75) is 38.1 Å². The quantitative estimate of drug-likeness (QED) is 0.738. The Balaban J connectivity index is 1.50. The van der Waals surface area contributed by atoms with Gasteiger partial charge in [0.05, 0.1) is 6.04 Å². The summed E-state index contributed by atoms with van der Waals surface area (Å²) >= 11 is 0. The number of likely N-dealkylation sites (N-methyl/N-ethyl adjacent to an activating group) is 1. The monoisotopic (exact) mass is 363 g/mol. The van der Waals surface area contributed by atoms with Gasteiger partial charge in [-0.25, -0.2) is 4.79 Å². The van der Waals surface area contributed by atoms with E-state index in [0.717, 1.165) is 18.4 Å². The Morgan fingerprint density at radius 3 is 2.19 bits per heavy atom. The van der Waals surface area contributed by atoms with E-state index < -0.39 is 6.09 Å². The molecule has 1 atom stereocenters. The number of nitrogens with zero attached hydrogens (tertiary/aromatic N) is 1. The van der Waals surface area contributed by atoms with E-state index in [1.54, 1.807) is 7.05 Å². The highest BCUT2D eigenvalue weighted by atomic mass is 16.6. The van der Waals surface area contributed by atoms with Crippen molar-refractivity contribution in [3.63, 3.8) is 0 Å². The normalized spacial score (nSPS) is 15.7. The molecular weight excluding hydrogens is 338 g/mol. The lowest BCUT2D eigenvalue weighted by molar-refractivity contribution is 0.0912. The van der Waals surface area contributed by atoms with Crippen molar-refractivity contribution >= 4 is 6.09 Å². The van der Waals surface area contributed by atoms with Gasteiger partial charge < -0.3 is 14.7 Å². The van der Waals surface area contributed by atoms with Crippen LogP contribution in [-0.2, 0) is 4.74 Å². The maximum Gasteiger partial charge on any atom is 0.410 e. The summed E-state index contributed by atoms with van der Waals surface area (Å²) in [7, 11) is 1.70. The molecule has 0 bridgehead atoms. The molecule has 4 heteroatoms. The van der Waals surface area contributed by atoms with Crippen molar-refractivity contribution in [1.29, 1.82) is 0 Å². The van der Waals surface area contributed by atoms with Crippen LogP contribution in [0.2, 0.25) is 0 Å². The van der Waals surface area contributed by atoms with Gasteiger partial charge in [-0.1, -0.05) is 55.5 Å². The SMILES string of the molecule is CCC(C(O)=C1CC1)N(C)C(=O)OCC1c2ccccc2-c2ccccc21. The zero-order valence-corrected chi connectivity index (χ0v) is 15.8. The van der Waals surface area contributed by atoms with Crippen LogP contribution in [0.3, 0.4) is 0 Å². The Morgan fingerprint density at radius 2 is 1.67 bits per heavy atom. The minimum Gasteiger partial charge on any atom is -0.510 e. The van der Waals surface area contributed by atoms with Gasteiger partial charge in [0.15, 0.2) is 0 Å². The average Bonchev–Trinajstić information content (AvgIpc) is 3.50. The van der Waals surface area contributed by atoms with Crippen LogP contribution in [-0.4, -0.2) is 35.8 Å². The topological polar surface area (TPSA) is 49.8 Å².